The van der Waals surface area contributed by atoms with E-state index in [-0.39, 0.29) is 10.9 Å². The van der Waals surface area contributed by atoms with E-state index in [4.69, 9.17) is 0 Å². The minimum Gasteiger partial charge on any atom is -0.316 e. The number of nitrogens with one attached hydrogen (secondary N) is 1. The molecule has 5 nitrogen and oxygen atoms in total. The van der Waals surface area contributed by atoms with E-state index in [0.717, 1.165) is 6.07 Å². The Morgan fingerprint density at radius 1 is 1.38 bits per heavy atom. The van der Waals surface area contributed by atoms with Crippen LogP contribution in [0.15, 0.2) is 23.1 Å². The molecule has 0 radical (unpaired) electrons. The molecule has 0 bridgehead atoms. The smallest absolute Gasteiger partial charge is 0.243 e. The summed E-state index contributed by atoms with van der Waals surface area (Å²) in [6.07, 6.45) is 0. The second-order valence-corrected chi connectivity index (χ2v) is 7.38. The van der Waals surface area contributed by atoms with Crippen LogP contribution >= 0.6 is 0 Å². The van der Waals surface area contributed by atoms with Crippen LogP contribution in [0, 0.1) is 5.82 Å². The zero-order chi connectivity index (χ0) is 15.6. The first-order chi connectivity index (χ1) is 9.86. The monoisotopic (exact) mass is 315 g/mol. The van der Waals surface area contributed by atoms with Gasteiger partial charge in [-0.3, -0.25) is 0 Å². The van der Waals surface area contributed by atoms with Gasteiger partial charge in [0.2, 0.25) is 10.0 Å². The maximum Gasteiger partial charge on any atom is 0.243 e. The van der Waals surface area contributed by atoms with Crippen LogP contribution in [0.25, 0.3) is 0 Å². The van der Waals surface area contributed by atoms with Crippen molar-refractivity contribution in [3.05, 3.63) is 29.6 Å². The van der Waals surface area contributed by atoms with Gasteiger partial charge in [-0.15, -0.1) is 0 Å². The van der Waals surface area contributed by atoms with Crippen molar-refractivity contribution < 1.29 is 12.8 Å². The van der Waals surface area contributed by atoms with E-state index in [0.29, 0.717) is 31.7 Å². The van der Waals surface area contributed by atoms with Crippen LogP contribution < -0.4 is 5.32 Å². The lowest BCUT2D eigenvalue weighted by Crippen LogP contribution is -2.52. The zero-order valence-corrected chi connectivity index (χ0v) is 13.5. The molecule has 1 heterocycles. The van der Waals surface area contributed by atoms with Crippen LogP contribution in [-0.4, -0.2) is 57.4 Å². The minimum absolute atomic E-state index is 0.0635. The van der Waals surface area contributed by atoms with Crippen molar-refractivity contribution in [2.24, 2.45) is 0 Å². The third-order valence-electron chi connectivity index (χ3n) is 3.94. The number of hydrogen-bond donors (Lipinski definition) is 1. The molecule has 1 unspecified atom stereocenters. The molecule has 0 aliphatic carbocycles. The number of hydrogen-bond acceptors (Lipinski definition) is 4. The molecule has 118 valence electrons. The summed E-state index contributed by atoms with van der Waals surface area (Å²) in [5.74, 6) is -0.532. The lowest BCUT2D eigenvalue weighted by Gasteiger charge is -2.37. The summed E-state index contributed by atoms with van der Waals surface area (Å²) < 4.78 is 40.6. The lowest BCUT2D eigenvalue weighted by molar-refractivity contribution is 0.159. The third-order valence-corrected chi connectivity index (χ3v) is 5.88. The molecule has 1 saturated heterocycles. The normalized spacial score (nSPS) is 21.6. The first-order valence-corrected chi connectivity index (χ1v) is 8.43. The Kier molecular flexibility index (Phi) is 4.98. The summed E-state index contributed by atoms with van der Waals surface area (Å²) in [5, 5.41) is 2.92. The summed E-state index contributed by atoms with van der Waals surface area (Å²) in [5.41, 5.74) is 0.588. The Bertz CT molecular complexity index is 606. The Morgan fingerprint density at radius 3 is 2.71 bits per heavy atom. The Labute approximate surface area is 125 Å². The second-order valence-electron chi connectivity index (χ2n) is 5.48. The molecule has 1 aromatic rings. The fraction of sp³-hybridized carbons (Fsp3) is 0.571. The van der Waals surface area contributed by atoms with E-state index < -0.39 is 15.8 Å². The summed E-state index contributed by atoms with van der Waals surface area (Å²) in [6.45, 7) is 3.91. The predicted octanol–water partition coefficient (Wildman–Crippen LogP) is 0.870. The molecule has 1 N–H and O–H groups in total. The maximum absolute atomic E-state index is 13.5. The highest BCUT2D eigenvalue weighted by Gasteiger charge is 2.32. The van der Waals surface area contributed by atoms with Gasteiger partial charge in [0.05, 0.1) is 4.90 Å². The average molecular weight is 315 g/mol. The first kappa shape index (κ1) is 16.4. The van der Waals surface area contributed by atoms with Crippen molar-refractivity contribution in [3.63, 3.8) is 0 Å². The molecule has 0 saturated carbocycles. The van der Waals surface area contributed by atoms with Gasteiger partial charge < -0.3 is 10.2 Å². The molecule has 0 aromatic heterocycles. The molecule has 0 amide bonds. The van der Waals surface area contributed by atoms with Gasteiger partial charge >= 0.3 is 0 Å². The highest BCUT2D eigenvalue weighted by atomic mass is 32.2. The van der Waals surface area contributed by atoms with E-state index in [1.54, 1.807) is 7.05 Å². The quantitative estimate of drug-likeness (QED) is 0.896. The molecule has 0 spiro atoms. The standard InChI is InChI=1S/C14H22FN3O2S/c1-11-10-18(7-6-17(11)3)21(19,20)14-8-13(15)5-4-12(14)9-16-2/h4-5,8,11,16H,6-7,9-10H2,1-3H3. The summed E-state index contributed by atoms with van der Waals surface area (Å²) in [7, 11) is 0.0422. The molecule has 1 fully saturated rings. The second kappa shape index (κ2) is 6.39. The summed E-state index contributed by atoms with van der Waals surface area (Å²) in [4.78, 5) is 2.18. The van der Waals surface area contributed by atoms with Crippen molar-refractivity contribution in [1.82, 2.24) is 14.5 Å². The number of halogens is 1. The fourth-order valence-electron chi connectivity index (χ4n) is 2.48. The van der Waals surface area contributed by atoms with Crippen molar-refractivity contribution in [2.75, 3.05) is 33.7 Å². The van der Waals surface area contributed by atoms with Crippen molar-refractivity contribution in [1.29, 1.82) is 0 Å². The SMILES string of the molecule is CNCc1ccc(F)cc1S(=O)(=O)N1CCN(C)C(C)C1. The molecule has 2 rings (SSSR count). The highest BCUT2D eigenvalue weighted by Crippen LogP contribution is 2.23. The van der Waals surface area contributed by atoms with Crippen LogP contribution in [0.1, 0.15) is 12.5 Å². The third kappa shape index (κ3) is 3.42. The van der Waals surface area contributed by atoms with Gasteiger partial charge in [-0.2, -0.15) is 4.31 Å². The summed E-state index contributed by atoms with van der Waals surface area (Å²) >= 11 is 0. The van der Waals surface area contributed by atoms with Gasteiger partial charge in [0.25, 0.3) is 0 Å². The van der Waals surface area contributed by atoms with E-state index in [1.807, 2.05) is 14.0 Å². The van der Waals surface area contributed by atoms with E-state index in [9.17, 15) is 12.8 Å². The van der Waals surface area contributed by atoms with Gasteiger partial charge in [0, 0.05) is 32.2 Å². The van der Waals surface area contributed by atoms with Gasteiger partial charge in [-0.1, -0.05) is 6.07 Å². The molecular formula is C14H22FN3O2S. The van der Waals surface area contributed by atoms with Crippen LogP contribution in [0.4, 0.5) is 4.39 Å². The maximum atomic E-state index is 13.5. The Morgan fingerprint density at radius 2 is 2.10 bits per heavy atom. The molecular weight excluding hydrogens is 293 g/mol. The van der Waals surface area contributed by atoms with Gasteiger partial charge in [-0.25, -0.2) is 12.8 Å². The Hall–Kier alpha value is -1.02. The largest absolute Gasteiger partial charge is 0.316 e. The zero-order valence-electron chi connectivity index (χ0n) is 12.6. The lowest BCUT2D eigenvalue weighted by atomic mass is 10.2. The number of nitrogens with zero attached hydrogens (tertiary/aromatic N) is 2. The van der Waals surface area contributed by atoms with E-state index in [2.05, 4.69) is 10.2 Å². The highest BCUT2D eigenvalue weighted by molar-refractivity contribution is 7.89. The first-order valence-electron chi connectivity index (χ1n) is 6.99. The molecule has 1 aliphatic rings. The van der Waals surface area contributed by atoms with Gasteiger partial charge in [-0.05, 0) is 38.7 Å². The van der Waals surface area contributed by atoms with Crippen LogP contribution in [0.3, 0.4) is 0 Å². The van der Waals surface area contributed by atoms with Gasteiger partial charge in [0.1, 0.15) is 5.82 Å². The molecule has 1 atom stereocenters. The average Bonchev–Trinajstić information content (AvgIpc) is 2.44. The Balaban J connectivity index is 2.37. The molecule has 21 heavy (non-hydrogen) atoms. The van der Waals surface area contributed by atoms with Crippen LogP contribution in [-0.2, 0) is 16.6 Å². The number of sulfonamides is 1. The fourth-order valence-corrected chi connectivity index (χ4v) is 4.22. The van der Waals surface area contributed by atoms with Crippen molar-refractivity contribution in [2.45, 2.75) is 24.4 Å². The number of rotatable bonds is 4. The number of benzene rings is 1. The number of piperazine rings is 1. The van der Waals surface area contributed by atoms with Crippen LogP contribution in [0.2, 0.25) is 0 Å². The molecule has 1 aliphatic heterocycles. The summed E-state index contributed by atoms with van der Waals surface area (Å²) in [6, 6.07) is 4.08. The van der Waals surface area contributed by atoms with E-state index in [1.165, 1.54) is 16.4 Å². The van der Waals surface area contributed by atoms with Crippen molar-refractivity contribution in [3.8, 4) is 0 Å². The van der Waals surface area contributed by atoms with E-state index >= 15 is 0 Å². The minimum atomic E-state index is -3.67. The molecule has 1 aromatic carbocycles. The molecule has 7 heteroatoms. The van der Waals surface area contributed by atoms with Crippen molar-refractivity contribution >= 4 is 10.0 Å². The van der Waals surface area contributed by atoms with Gasteiger partial charge in [0.15, 0.2) is 0 Å². The van der Waals surface area contributed by atoms with Crippen LogP contribution in [0.5, 0.6) is 0 Å². The topological polar surface area (TPSA) is 52.7 Å². The number of likely N-dealkylation sites (N-methyl/N-ethyl adjacent to an activating group) is 1. The predicted molar refractivity (Wildman–Crippen MR) is 80.0 cm³/mol.